The van der Waals surface area contributed by atoms with Crippen molar-refractivity contribution in [2.45, 2.75) is 32.2 Å². The number of benzene rings is 1. The molecule has 0 saturated carbocycles. The summed E-state index contributed by atoms with van der Waals surface area (Å²) in [6.07, 6.45) is 5.20. The number of aromatic nitrogens is 2. The van der Waals surface area contributed by atoms with Crippen LogP contribution >= 0.6 is 0 Å². The normalized spacial score (nSPS) is 13.4. The fourth-order valence-electron chi connectivity index (χ4n) is 2.55. The van der Waals surface area contributed by atoms with Crippen molar-refractivity contribution in [3.8, 4) is 11.4 Å². The average Bonchev–Trinajstić information content (AvgIpc) is 2.93. The molecule has 0 aliphatic rings. The highest BCUT2D eigenvalue weighted by Crippen LogP contribution is 2.21. The Morgan fingerprint density at radius 1 is 1.43 bits per heavy atom. The number of rotatable bonds is 6. The van der Waals surface area contributed by atoms with Gasteiger partial charge in [0.15, 0.2) is 0 Å². The first-order chi connectivity index (χ1) is 11.0. The zero-order chi connectivity index (χ0) is 16.9. The molecule has 1 aromatic heterocycles. The molecular formula is C17H24N4O2. The highest BCUT2D eigenvalue weighted by atomic mass is 16.3. The van der Waals surface area contributed by atoms with E-state index >= 15 is 0 Å². The molecule has 0 fully saturated rings. The van der Waals surface area contributed by atoms with Gasteiger partial charge in [-0.15, -0.1) is 0 Å². The molecule has 0 radical (unpaired) electrons. The standard InChI is InChI=1S/C17H24N4O2/c1-4-8-17(2,12-22)20-16(23)19-14-7-5-6-13(11-14)15-18-9-10-21(15)3/h5-7,9-11,22H,4,8,12H2,1-3H3,(H2,19,20,23). The van der Waals surface area contributed by atoms with Crippen molar-refractivity contribution in [2.24, 2.45) is 7.05 Å². The zero-order valence-electron chi connectivity index (χ0n) is 13.8. The number of aliphatic hydroxyl groups is 1. The fraction of sp³-hybridized carbons (Fsp3) is 0.412. The van der Waals surface area contributed by atoms with Crippen LogP contribution in [0.4, 0.5) is 10.5 Å². The van der Waals surface area contributed by atoms with E-state index < -0.39 is 5.54 Å². The maximum absolute atomic E-state index is 12.2. The molecule has 6 nitrogen and oxygen atoms in total. The third-order valence-electron chi connectivity index (χ3n) is 3.77. The second-order valence-corrected chi connectivity index (χ2v) is 5.99. The van der Waals surface area contributed by atoms with Gasteiger partial charge in [-0.2, -0.15) is 0 Å². The van der Waals surface area contributed by atoms with E-state index in [2.05, 4.69) is 15.6 Å². The van der Waals surface area contributed by atoms with Crippen molar-refractivity contribution < 1.29 is 9.90 Å². The van der Waals surface area contributed by atoms with Gasteiger partial charge in [0.05, 0.1) is 12.1 Å². The van der Waals surface area contributed by atoms with E-state index in [1.54, 1.807) is 6.20 Å². The van der Waals surface area contributed by atoms with Gasteiger partial charge in [0.1, 0.15) is 5.82 Å². The van der Waals surface area contributed by atoms with Crippen LogP contribution in [0, 0.1) is 0 Å². The average molecular weight is 316 g/mol. The molecule has 1 atom stereocenters. The zero-order valence-corrected chi connectivity index (χ0v) is 13.8. The first kappa shape index (κ1) is 17.0. The number of hydrogen-bond acceptors (Lipinski definition) is 3. The summed E-state index contributed by atoms with van der Waals surface area (Å²) in [5.41, 5.74) is 0.990. The maximum Gasteiger partial charge on any atom is 0.319 e. The lowest BCUT2D eigenvalue weighted by Gasteiger charge is -2.28. The minimum absolute atomic E-state index is 0.0957. The number of aliphatic hydroxyl groups excluding tert-OH is 1. The topological polar surface area (TPSA) is 79.2 Å². The molecule has 2 rings (SSSR count). The minimum Gasteiger partial charge on any atom is -0.394 e. The molecule has 0 aliphatic heterocycles. The number of carbonyl (C=O) groups excluding carboxylic acids is 1. The molecule has 0 saturated heterocycles. The second kappa shape index (κ2) is 7.28. The van der Waals surface area contributed by atoms with E-state index in [4.69, 9.17) is 0 Å². The molecule has 6 heteroatoms. The lowest BCUT2D eigenvalue weighted by molar-refractivity contribution is 0.167. The molecule has 0 aliphatic carbocycles. The van der Waals surface area contributed by atoms with Crippen molar-refractivity contribution in [1.82, 2.24) is 14.9 Å². The van der Waals surface area contributed by atoms with Crippen LogP contribution < -0.4 is 10.6 Å². The van der Waals surface area contributed by atoms with Gasteiger partial charge in [-0.05, 0) is 25.5 Å². The molecule has 23 heavy (non-hydrogen) atoms. The van der Waals surface area contributed by atoms with Gasteiger partial charge in [-0.1, -0.05) is 25.5 Å². The first-order valence-corrected chi connectivity index (χ1v) is 7.75. The van der Waals surface area contributed by atoms with E-state index in [1.807, 2.05) is 55.9 Å². The molecule has 3 N–H and O–H groups in total. The number of aryl methyl sites for hydroxylation is 1. The Morgan fingerprint density at radius 2 is 2.22 bits per heavy atom. The van der Waals surface area contributed by atoms with Crippen molar-refractivity contribution in [3.63, 3.8) is 0 Å². The molecule has 0 spiro atoms. The quantitative estimate of drug-likeness (QED) is 0.766. The van der Waals surface area contributed by atoms with Crippen LogP contribution in [0.25, 0.3) is 11.4 Å². The number of nitrogens with one attached hydrogen (secondary N) is 2. The van der Waals surface area contributed by atoms with Gasteiger partial charge < -0.3 is 20.3 Å². The predicted molar refractivity (Wildman–Crippen MR) is 91.2 cm³/mol. The van der Waals surface area contributed by atoms with Crippen LogP contribution in [0.3, 0.4) is 0 Å². The summed E-state index contributed by atoms with van der Waals surface area (Å²) in [4.78, 5) is 16.5. The summed E-state index contributed by atoms with van der Waals surface area (Å²) in [5.74, 6) is 0.834. The Morgan fingerprint density at radius 3 is 2.83 bits per heavy atom. The van der Waals surface area contributed by atoms with Crippen LogP contribution in [0.15, 0.2) is 36.7 Å². The van der Waals surface area contributed by atoms with E-state index in [0.29, 0.717) is 12.1 Å². The van der Waals surface area contributed by atoms with Gasteiger partial charge >= 0.3 is 6.03 Å². The van der Waals surface area contributed by atoms with Crippen LogP contribution in [0.5, 0.6) is 0 Å². The first-order valence-electron chi connectivity index (χ1n) is 7.75. The van der Waals surface area contributed by atoms with Gasteiger partial charge in [-0.3, -0.25) is 0 Å². The van der Waals surface area contributed by atoms with Gasteiger partial charge in [0.2, 0.25) is 0 Å². The molecular weight excluding hydrogens is 292 g/mol. The Bertz CT molecular complexity index is 668. The smallest absolute Gasteiger partial charge is 0.319 e. The monoisotopic (exact) mass is 316 g/mol. The number of hydrogen-bond donors (Lipinski definition) is 3. The van der Waals surface area contributed by atoms with Gasteiger partial charge in [0.25, 0.3) is 0 Å². The second-order valence-electron chi connectivity index (χ2n) is 5.99. The summed E-state index contributed by atoms with van der Waals surface area (Å²) in [6.45, 7) is 3.76. The summed E-state index contributed by atoms with van der Waals surface area (Å²) in [6, 6.07) is 7.18. The number of nitrogens with zero attached hydrogens (tertiary/aromatic N) is 2. The number of urea groups is 1. The van der Waals surface area contributed by atoms with Crippen molar-refractivity contribution in [3.05, 3.63) is 36.7 Å². The molecule has 1 aromatic carbocycles. The summed E-state index contributed by atoms with van der Waals surface area (Å²) >= 11 is 0. The number of anilines is 1. The van der Waals surface area contributed by atoms with Crippen LogP contribution in [-0.2, 0) is 7.05 Å². The van der Waals surface area contributed by atoms with Gasteiger partial charge in [0, 0.05) is 30.7 Å². The van der Waals surface area contributed by atoms with E-state index in [0.717, 1.165) is 17.8 Å². The summed E-state index contributed by atoms with van der Waals surface area (Å²) < 4.78 is 1.92. The highest BCUT2D eigenvalue weighted by molar-refractivity contribution is 5.90. The Kier molecular flexibility index (Phi) is 5.39. The number of imidazole rings is 1. The lowest BCUT2D eigenvalue weighted by atomic mass is 9.98. The van der Waals surface area contributed by atoms with Crippen LogP contribution in [0.1, 0.15) is 26.7 Å². The minimum atomic E-state index is -0.615. The third-order valence-corrected chi connectivity index (χ3v) is 3.77. The Hall–Kier alpha value is -2.34. The lowest BCUT2D eigenvalue weighted by Crippen LogP contribution is -2.50. The third kappa shape index (κ3) is 4.32. The molecule has 1 heterocycles. The van der Waals surface area contributed by atoms with Crippen LogP contribution in [-0.4, -0.2) is 32.8 Å². The molecule has 124 valence electrons. The molecule has 0 bridgehead atoms. The number of carbonyl (C=O) groups is 1. The van der Waals surface area contributed by atoms with Crippen molar-refractivity contribution in [2.75, 3.05) is 11.9 Å². The SMILES string of the molecule is CCCC(C)(CO)NC(=O)Nc1cccc(-c2nccn2C)c1. The van der Waals surface area contributed by atoms with Gasteiger partial charge in [-0.25, -0.2) is 9.78 Å². The molecule has 1 unspecified atom stereocenters. The Balaban J connectivity index is 2.09. The van der Waals surface area contributed by atoms with E-state index in [-0.39, 0.29) is 12.6 Å². The predicted octanol–water partition coefficient (Wildman–Crippen LogP) is 2.76. The Labute approximate surface area is 136 Å². The molecule has 2 aromatic rings. The van der Waals surface area contributed by atoms with Crippen LogP contribution in [0.2, 0.25) is 0 Å². The summed E-state index contributed by atoms with van der Waals surface area (Å²) in [5, 5.41) is 15.1. The van der Waals surface area contributed by atoms with E-state index in [9.17, 15) is 9.90 Å². The fourth-order valence-corrected chi connectivity index (χ4v) is 2.55. The van der Waals surface area contributed by atoms with Crippen molar-refractivity contribution in [1.29, 1.82) is 0 Å². The van der Waals surface area contributed by atoms with E-state index in [1.165, 1.54) is 0 Å². The molecule has 2 amide bonds. The largest absolute Gasteiger partial charge is 0.394 e. The van der Waals surface area contributed by atoms with Crippen molar-refractivity contribution >= 4 is 11.7 Å². The summed E-state index contributed by atoms with van der Waals surface area (Å²) in [7, 11) is 1.92. The number of amides is 2. The maximum atomic E-state index is 12.2. The highest BCUT2D eigenvalue weighted by Gasteiger charge is 2.24.